The Bertz CT molecular complexity index is 2610. The molecular formula is C45H31NS. The molecule has 1 aromatic heterocycles. The zero-order valence-corrected chi connectivity index (χ0v) is 26.6. The zero-order chi connectivity index (χ0) is 31.2. The van der Waals surface area contributed by atoms with Crippen LogP contribution in [-0.4, -0.2) is 0 Å². The number of hydrogen-bond acceptors (Lipinski definition) is 2. The summed E-state index contributed by atoms with van der Waals surface area (Å²) in [5.74, 6) is 0. The molecule has 8 aromatic carbocycles. The molecule has 0 atom stereocenters. The van der Waals surface area contributed by atoms with Gasteiger partial charge in [0.1, 0.15) is 0 Å². The van der Waals surface area contributed by atoms with Gasteiger partial charge in [0.25, 0.3) is 0 Å². The molecule has 0 radical (unpaired) electrons. The Hall–Kier alpha value is -5.70. The highest BCUT2D eigenvalue weighted by molar-refractivity contribution is 7.25. The number of fused-ring (bicyclic) bond motifs is 7. The number of anilines is 1. The third-order valence-electron chi connectivity index (χ3n) is 9.29. The molecule has 0 unspecified atom stereocenters. The van der Waals surface area contributed by atoms with E-state index < -0.39 is 0 Å². The number of para-hydroxylation sites is 1. The van der Waals surface area contributed by atoms with E-state index in [0.717, 1.165) is 23.4 Å². The maximum Gasteiger partial charge on any atom is 0.0420 e. The Kier molecular flexibility index (Phi) is 6.80. The van der Waals surface area contributed by atoms with Crippen LogP contribution in [-0.2, 0) is 6.42 Å². The fraction of sp³-hybridized carbons (Fsp3) is 0.0222. The summed E-state index contributed by atoms with van der Waals surface area (Å²) in [6, 6.07) is 59.6. The molecule has 0 aliphatic rings. The summed E-state index contributed by atoms with van der Waals surface area (Å²) in [5.41, 5.74) is 7.13. The van der Waals surface area contributed by atoms with Gasteiger partial charge in [-0.1, -0.05) is 133 Å². The second-order valence-corrected chi connectivity index (χ2v) is 13.3. The first-order valence-electron chi connectivity index (χ1n) is 16.1. The van der Waals surface area contributed by atoms with Crippen LogP contribution in [0.1, 0.15) is 11.1 Å². The minimum Gasteiger partial charge on any atom is -0.355 e. The maximum absolute atomic E-state index is 3.71. The van der Waals surface area contributed by atoms with E-state index in [0.29, 0.717) is 0 Å². The maximum atomic E-state index is 3.71. The molecule has 1 N–H and O–H groups in total. The molecule has 9 rings (SSSR count). The van der Waals surface area contributed by atoms with Crippen LogP contribution in [0.15, 0.2) is 170 Å². The van der Waals surface area contributed by atoms with Gasteiger partial charge in [0.15, 0.2) is 0 Å². The first-order valence-corrected chi connectivity index (χ1v) is 17.0. The van der Waals surface area contributed by atoms with E-state index in [9.17, 15) is 0 Å². The molecule has 47 heavy (non-hydrogen) atoms. The molecule has 0 saturated carbocycles. The van der Waals surface area contributed by atoms with Crippen molar-refractivity contribution in [3.63, 3.8) is 0 Å². The first-order chi connectivity index (χ1) is 23.3. The van der Waals surface area contributed by atoms with Crippen molar-refractivity contribution in [1.29, 1.82) is 0 Å². The second kappa shape index (κ2) is 11.6. The van der Waals surface area contributed by atoms with Crippen LogP contribution >= 0.6 is 11.3 Å². The van der Waals surface area contributed by atoms with Gasteiger partial charge in [-0.05, 0) is 97.4 Å². The minimum absolute atomic E-state index is 0.839. The molecule has 0 bridgehead atoms. The van der Waals surface area contributed by atoms with Gasteiger partial charge in [-0.25, -0.2) is 0 Å². The summed E-state index contributed by atoms with van der Waals surface area (Å²) >= 11 is 1.87. The van der Waals surface area contributed by atoms with Crippen LogP contribution in [0.4, 0.5) is 5.69 Å². The average molecular weight is 618 g/mol. The van der Waals surface area contributed by atoms with Crippen molar-refractivity contribution in [2.24, 2.45) is 0 Å². The molecule has 2 heteroatoms. The van der Waals surface area contributed by atoms with E-state index >= 15 is 0 Å². The van der Waals surface area contributed by atoms with Crippen LogP contribution < -0.4 is 5.32 Å². The molecule has 0 spiro atoms. The molecule has 1 heterocycles. The molecule has 0 fully saturated rings. The van der Waals surface area contributed by atoms with Crippen molar-refractivity contribution in [3.05, 3.63) is 181 Å². The van der Waals surface area contributed by atoms with Crippen molar-refractivity contribution in [2.45, 2.75) is 6.42 Å². The summed E-state index contributed by atoms with van der Waals surface area (Å²) in [7, 11) is 0. The summed E-state index contributed by atoms with van der Waals surface area (Å²) < 4.78 is 2.68. The predicted molar refractivity (Wildman–Crippen MR) is 205 cm³/mol. The number of allylic oxidation sites excluding steroid dienone is 1. The van der Waals surface area contributed by atoms with E-state index in [1.54, 1.807) is 0 Å². The van der Waals surface area contributed by atoms with E-state index in [1.165, 1.54) is 69.2 Å². The number of hydrogen-bond donors (Lipinski definition) is 1. The molecule has 9 aromatic rings. The van der Waals surface area contributed by atoms with E-state index in [4.69, 9.17) is 0 Å². The Morgan fingerprint density at radius 2 is 1.21 bits per heavy atom. The Morgan fingerprint density at radius 1 is 0.489 bits per heavy atom. The normalized spacial score (nSPS) is 12.0. The monoisotopic (exact) mass is 617 g/mol. The lowest BCUT2D eigenvalue weighted by Gasteiger charge is -2.14. The molecule has 0 aliphatic carbocycles. The summed E-state index contributed by atoms with van der Waals surface area (Å²) in [6.45, 7) is 0. The summed E-state index contributed by atoms with van der Waals surface area (Å²) in [5, 5.41) is 14.1. The highest BCUT2D eigenvalue weighted by Crippen LogP contribution is 2.37. The highest BCUT2D eigenvalue weighted by Gasteiger charge is 2.10. The van der Waals surface area contributed by atoms with Gasteiger partial charge in [0, 0.05) is 31.6 Å². The van der Waals surface area contributed by atoms with Gasteiger partial charge in [0.2, 0.25) is 0 Å². The van der Waals surface area contributed by atoms with E-state index in [1.807, 2.05) is 11.3 Å². The standard InChI is InChI=1S/C45H31NS/c1-2-11-36(12-3-1)46-43(26-18-30-17-24-41-40-13-6-7-16-44(40)47-45(41)27-30)32-21-19-31(20-22-32)37-14-8-15-38-39(37)25-23-35-28-33-9-4-5-10-34(33)29-42(35)38/h1-17,19-29,46H,18H2/b43-26-. The van der Waals surface area contributed by atoms with Gasteiger partial charge < -0.3 is 5.32 Å². The average Bonchev–Trinajstić information content (AvgIpc) is 3.50. The third kappa shape index (κ3) is 5.13. The van der Waals surface area contributed by atoms with Gasteiger partial charge in [-0.2, -0.15) is 0 Å². The van der Waals surface area contributed by atoms with Crippen molar-refractivity contribution >= 4 is 75.2 Å². The van der Waals surface area contributed by atoms with Crippen LogP contribution in [0.2, 0.25) is 0 Å². The van der Waals surface area contributed by atoms with Gasteiger partial charge in [-0.3, -0.25) is 0 Å². The molecule has 222 valence electrons. The molecule has 0 aliphatic heterocycles. The fourth-order valence-electron chi connectivity index (χ4n) is 6.90. The lowest BCUT2D eigenvalue weighted by Crippen LogP contribution is -2.00. The number of thiophene rings is 1. The van der Waals surface area contributed by atoms with Crippen LogP contribution in [0.3, 0.4) is 0 Å². The summed E-state index contributed by atoms with van der Waals surface area (Å²) in [4.78, 5) is 0. The topological polar surface area (TPSA) is 12.0 Å². The predicted octanol–water partition coefficient (Wildman–Crippen LogP) is 12.9. The van der Waals surface area contributed by atoms with E-state index in [2.05, 4.69) is 175 Å². The molecule has 0 saturated heterocycles. The van der Waals surface area contributed by atoms with Crippen molar-refractivity contribution < 1.29 is 0 Å². The van der Waals surface area contributed by atoms with Gasteiger partial charge >= 0.3 is 0 Å². The number of nitrogens with one attached hydrogen (secondary N) is 1. The van der Waals surface area contributed by atoms with Crippen LogP contribution in [0, 0.1) is 0 Å². The summed E-state index contributed by atoms with van der Waals surface area (Å²) in [6.07, 6.45) is 3.16. The first kappa shape index (κ1) is 27.6. The largest absolute Gasteiger partial charge is 0.355 e. The van der Waals surface area contributed by atoms with Crippen molar-refractivity contribution in [3.8, 4) is 11.1 Å². The molecular weight excluding hydrogens is 587 g/mol. The van der Waals surface area contributed by atoms with Crippen LogP contribution in [0.5, 0.6) is 0 Å². The lowest BCUT2D eigenvalue weighted by atomic mass is 9.93. The fourth-order valence-corrected chi connectivity index (χ4v) is 8.07. The zero-order valence-electron chi connectivity index (χ0n) is 25.8. The Morgan fingerprint density at radius 3 is 2.09 bits per heavy atom. The Balaban J connectivity index is 1.07. The van der Waals surface area contributed by atoms with Gasteiger partial charge in [0.05, 0.1) is 0 Å². The number of benzene rings is 8. The second-order valence-electron chi connectivity index (χ2n) is 12.2. The lowest BCUT2D eigenvalue weighted by molar-refractivity contribution is 1.28. The van der Waals surface area contributed by atoms with Crippen molar-refractivity contribution in [1.82, 2.24) is 0 Å². The smallest absolute Gasteiger partial charge is 0.0420 e. The van der Waals surface area contributed by atoms with Crippen molar-refractivity contribution in [2.75, 3.05) is 5.32 Å². The highest BCUT2D eigenvalue weighted by atomic mass is 32.1. The Labute approximate surface area is 278 Å². The minimum atomic E-state index is 0.839. The molecule has 0 amide bonds. The quantitative estimate of drug-likeness (QED) is 0.145. The third-order valence-corrected chi connectivity index (χ3v) is 10.4. The van der Waals surface area contributed by atoms with Gasteiger partial charge in [-0.15, -0.1) is 11.3 Å². The van der Waals surface area contributed by atoms with E-state index in [-0.39, 0.29) is 0 Å². The number of rotatable bonds is 6. The van der Waals surface area contributed by atoms with Crippen LogP contribution in [0.25, 0.3) is 69.3 Å². The SMILES string of the molecule is C(/Cc1ccc2c(c1)sc1ccccc12)=C(/Nc1ccccc1)c1ccc(-c2cccc3c2ccc2cc4ccccc4cc23)cc1. The molecule has 1 nitrogen and oxygen atoms in total.